The molecule has 0 aliphatic heterocycles. The summed E-state index contributed by atoms with van der Waals surface area (Å²) in [4.78, 5) is 25.1. The van der Waals surface area contributed by atoms with Crippen LogP contribution in [0.3, 0.4) is 0 Å². The highest BCUT2D eigenvalue weighted by atomic mass is 16.4. The Labute approximate surface area is 119 Å². The largest absolute Gasteiger partial charge is 0.502 e. The van der Waals surface area contributed by atoms with E-state index in [0.29, 0.717) is 5.56 Å². The average Bonchev–Trinajstić information content (AvgIpc) is 2.49. The fourth-order valence-electron chi connectivity index (χ4n) is 1.83. The third-order valence-electron chi connectivity index (χ3n) is 2.98. The van der Waals surface area contributed by atoms with Crippen LogP contribution in [0.1, 0.15) is 22.2 Å². The Kier molecular flexibility index (Phi) is 4.03. The maximum Gasteiger partial charge on any atom is 0.356 e. The predicted octanol–water partition coefficient (Wildman–Crippen LogP) is -0.134. The van der Waals surface area contributed by atoms with Gasteiger partial charge in [-0.3, -0.25) is 10.6 Å². The lowest BCUT2D eigenvalue weighted by atomic mass is 10.1. The van der Waals surface area contributed by atoms with E-state index in [-0.39, 0.29) is 5.69 Å². The van der Waals surface area contributed by atoms with E-state index in [9.17, 15) is 14.7 Å². The molecule has 1 atom stereocenters. The smallest absolute Gasteiger partial charge is 0.356 e. The lowest BCUT2D eigenvalue weighted by Gasteiger charge is -2.11. The fraction of sp³-hybridized carbons (Fsp3) is 0.0769. The van der Waals surface area contributed by atoms with Crippen molar-refractivity contribution in [3.63, 3.8) is 0 Å². The van der Waals surface area contributed by atoms with Crippen LogP contribution < -0.4 is 22.4 Å². The minimum Gasteiger partial charge on any atom is -0.502 e. The first-order valence-electron chi connectivity index (χ1n) is 5.95. The SMILES string of the molecule is NNC(N)c1ccc(-c2cc(=O)c(O)c(C(=O)O)[nH]2)cc1. The van der Waals surface area contributed by atoms with Crippen LogP contribution in [0.5, 0.6) is 5.75 Å². The molecule has 2 aromatic rings. The molecule has 1 aromatic carbocycles. The maximum atomic E-state index is 11.6. The third kappa shape index (κ3) is 2.92. The van der Waals surface area contributed by atoms with E-state index >= 15 is 0 Å². The van der Waals surface area contributed by atoms with Gasteiger partial charge in [0.1, 0.15) is 0 Å². The van der Waals surface area contributed by atoms with Crippen LogP contribution in [-0.2, 0) is 0 Å². The van der Waals surface area contributed by atoms with Gasteiger partial charge in [0.05, 0.1) is 11.9 Å². The van der Waals surface area contributed by atoms with Gasteiger partial charge in [-0.25, -0.2) is 10.2 Å². The highest BCUT2D eigenvalue weighted by Crippen LogP contribution is 2.20. The second kappa shape index (κ2) is 5.75. The molecule has 0 aliphatic carbocycles. The number of carbonyl (C=O) groups is 1. The molecule has 0 spiro atoms. The number of carboxylic acids is 1. The highest BCUT2D eigenvalue weighted by Gasteiger charge is 2.15. The Morgan fingerprint density at radius 2 is 1.90 bits per heavy atom. The zero-order chi connectivity index (χ0) is 15.6. The zero-order valence-electron chi connectivity index (χ0n) is 10.8. The van der Waals surface area contributed by atoms with Gasteiger partial charge in [0.2, 0.25) is 5.43 Å². The molecule has 110 valence electrons. The lowest BCUT2D eigenvalue weighted by Crippen LogP contribution is -2.33. The molecule has 8 N–H and O–H groups in total. The lowest BCUT2D eigenvalue weighted by molar-refractivity contribution is 0.0687. The van der Waals surface area contributed by atoms with Gasteiger partial charge < -0.3 is 20.9 Å². The van der Waals surface area contributed by atoms with Crippen molar-refractivity contribution in [3.05, 3.63) is 51.8 Å². The number of aromatic nitrogens is 1. The summed E-state index contributed by atoms with van der Waals surface area (Å²) in [5.41, 5.74) is 8.32. The van der Waals surface area contributed by atoms with Gasteiger partial charge in [0.25, 0.3) is 0 Å². The second-order valence-corrected chi connectivity index (χ2v) is 4.34. The Hall–Kier alpha value is -2.68. The molecule has 1 heterocycles. The van der Waals surface area contributed by atoms with Crippen molar-refractivity contribution < 1.29 is 15.0 Å². The van der Waals surface area contributed by atoms with Gasteiger partial charge in [-0.1, -0.05) is 24.3 Å². The van der Waals surface area contributed by atoms with Crippen LogP contribution in [0.15, 0.2) is 35.1 Å². The van der Waals surface area contributed by atoms with Crippen LogP contribution in [0.2, 0.25) is 0 Å². The number of benzene rings is 1. The second-order valence-electron chi connectivity index (χ2n) is 4.34. The summed E-state index contributed by atoms with van der Waals surface area (Å²) >= 11 is 0. The first-order chi connectivity index (χ1) is 9.93. The first-order valence-corrected chi connectivity index (χ1v) is 5.95. The number of hydrazine groups is 1. The van der Waals surface area contributed by atoms with Crippen molar-refractivity contribution in [2.24, 2.45) is 11.6 Å². The Morgan fingerprint density at radius 3 is 2.43 bits per heavy atom. The van der Waals surface area contributed by atoms with Gasteiger partial charge in [0, 0.05) is 6.07 Å². The summed E-state index contributed by atoms with van der Waals surface area (Å²) in [5, 5.41) is 18.4. The van der Waals surface area contributed by atoms with E-state index in [0.717, 1.165) is 11.6 Å². The quantitative estimate of drug-likeness (QED) is 0.260. The molecule has 0 amide bonds. The van der Waals surface area contributed by atoms with E-state index < -0.39 is 29.0 Å². The van der Waals surface area contributed by atoms with E-state index in [4.69, 9.17) is 16.7 Å². The van der Waals surface area contributed by atoms with E-state index in [1.54, 1.807) is 24.3 Å². The molecule has 0 aliphatic rings. The van der Waals surface area contributed by atoms with Crippen molar-refractivity contribution >= 4 is 5.97 Å². The van der Waals surface area contributed by atoms with Crippen LogP contribution in [-0.4, -0.2) is 21.2 Å². The molecule has 0 saturated carbocycles. The summed E-state index contributed by atoms with van der Waals surface area (Å²) in [7, 11) is 0. The fourth-order valence-corrected chi connectivity index (χ4v) is 1.83. The Bertz CT molecular complexity index is 724. The van der Waals surface area contributed by atoms with Crippen molar-refractivity contribution in [3.8, 4) is 17.0 Å². The number of pyridine rings is 1. The number of nitrogens with one attached hydrogen (secondary N) is 2. The van der Waals surface area contributed by atoms with Crippen molar-refractivity contribution in [2.45, 2.75) is 6.17 Å². The molecule has 1 aromatic heterocycles. The molecule has 0 bridgehead atoms. The van der Waals surface area contributed by atoms with Crippen molar-refractivity contribution in [1.82, 2.24) is 10.4 Å². The van der Waals surface area contributed by atoms with Crippen molar-refractivity contribution in [1.29, 1.82) is 0 Å². The number of rotatable bonds is 4. The molecule has 8 nitrogen and oxygen atoms in total. The summed E-state index contributed by atoms with van der Waals surface area (Å²) in [6.07, 6.45) is -0.535. The normalized spacial score (nSPS) is 12.1. The van der Waals surface area contributed by atoms with Gasteiger partial charge in [-0.2, -0.15) is 0 Å². The number of carboxylic acid groups (broad SMARTS) is 1. The monoisotopic (exact) mass is 290 g/mol. The average molecular weight is 290 g/mol. The number of aromatic amines is 1. The minimum absolute atomic E-state index is 0.274. The number of aromatic hydroxyl groups is 1. The summed E-state index contributed by atoms with van der Waals surface area (Å²) in [6, 6.07) is 7.80. The topological polar surface area (TPSA) is 154 Å². The molecule has 2 rings (SSSR count). The van der Waals surface area contributed by atoms with Gasteiger partial charge in [-0.15, -0.1) is 0 Å². The van der Waals surface area contributed by atoms with Crippen LogP contribution in [0.4, 0.5) is 0 Å². The first kappa shape index (κ1) is 14.7. The van der Waals surface area contributed by atoms with Gasteiger partial charge in [-0.05, 0) is 11.1 Å². The number of H-pyrrole nitrogens is 1. The van der Waals surface area contributed by atoms with E-state index in [1.165, 1.54) is 0 Å². The standard InChI is InChI=1S/C13H14N4O4/c14-12(17-15)7-3-1-6(2-4-7)8-5-9(18)11(19)10(16-8)13(20)21/h1-5,12,17,19H,14-15H2,(H,16,18)(H,20,21). The van der Waals surface area contributed by atoms with Crippen molar-refractivity contribution in [2.75, 3.05) is 0 Å². The number of aromatic carboxylic acids is 1. The molecule has 1 unspecified atom stereocenters. The Morgan fingerprint density at radius 1 is 1.29 bits per heavy atom. The zero-order valence-corrected chi connectivity index (χ0v) is 10.8. The predicted molar refractivity (Wildman–Crippen MR) is 75.4 cm³/mol. The molecule has 0 saturated heterocycles. The van der Waals surface area contributed by atoms with E-state index in [1.807, 2.05) is 0 Å². The molecular formula is C13H14N4O4. The number of hydrogen-bond donors (Lipinski definition) is 6. The minimum atomic E-state index is -1.42. The highest BCUT2D eigenvalue weighted by molar-refractivity contribution is 5.89. The molecule has 21 heavy (non-hydrogen) atoms. The summed E-state index contributed by atoms with van der Waals surface area (Å²) in [6.45, 7) is 0. The molecule has 0 radical (unpaired) electrons. The Balaban J connectivity index is 2.47. The van der Waals surface area contributed by atoms with E-state index in [2.05, 4.69) is 10.4 Å². The molecule has 8 heteroatoms. The third-order valence-corrected chi connectivity index (χ3v) is 2.98. The number of hydrogen-bond acceptors (Lipinski definition) is 6. The number of nitrogens with two attached hydrogens (primary N) is 2. The van der Waals surface area contributed by atoms with Gasteiger partial charge >= 0.3 is 5.97 Å². The summed E-state index contributed by atoms with van der Waals surface area (Å²) < 4.78 is 0. The maximum absolute atomic E-state index is 11.6. The summed E-state index contributed by atoms with van der Waals surface area (Å²) in [5.74, 6) is 2.99. The molecular weight excluding hydrogens is 276 g/mol. The van der Waals surface area contributed by atoms with Crippen LogP contribution >= 0.6 is 0 Å². The van der Waals surface area contributed by atoms with Crippen LogP contribution in [0.25, 0.3) is 11.3 Å². The van der Waals surface area contributed by atoms with Gasteiger partial charge in [0.15, 0.2) is 11.4 Å². The van der Waals surface area contributed by atoms with Crippen LogP contribution in [0, 0.1) is 0 Å². The molecule has 0 fully saturated rings.